The summed E-state index contributed by atoms with van der Waals surface area (Å²) in [7, 11) is 4.65. The summed E-state index contributed by atoms with van der Waals surface area (Å²) in [5.74, 6) is 1.52. The lowest BCUT2D eigenvalue weighted by Gasteiger charge is -2.19. The Kier molecular flexibility index (Phi) is 4.70. The first-order valence-corrected chi connectivity index (χ1v) is 6.65. The van der Waals surface area contributed by atoms with Crippen LogP contribution >= 0.6 is 0 Å². The van der Waals surface area contributed by atoms with Crippen LogP contribution in [-0.2, 0) is 0 Å². The van der Waals surface area contributed by atoms with Crippen molar-refractivity contribution in [2.45, 2.75) is 13.0 Å². The summed E-state index contributed by atoms with van der Waals surface area (Å²) in [5, 5.41) is 10.6. The lowest BCUT2D eigenvalue weighted by atomic mass is 9.98. The Morgan fingerprint density at radius 2 is 1.62 bits per heavy atom. The lowest BCUT2D eigenvalue weighted by Crippen LogP contribution is -2.05. The Hall–Kier alpha value is -2.20. The fraction of sp³-hybridized carbons (Fsp3) is 0.294. The molecule has 0 aliphatic carbocycles. The molecule has 1 atom stereocenters. The topological polar surface area (TPSA) is 47.9 Å². The van der Waals surface area contributed by atoms with Gasteiger partial charge in [-0.2, -0.15) is 0 Å². The maximum Gasteiger partial charge on any atom is 0.203 e. The predicted molar refractivity (Wildman–Crippen MR) is 81.3 cm³/mol. The second-order valence-corrected chi connectivity index (χ2v) is 4.74. The summed E-state index contributed by atoms with van der Waals surface area (Å²) in [6.45, 7) is 1.99. The van der Waals surface area contributed by atoms with Crippen LogP contribution < -0.4 is 14.2 Å². The molecule has 4 nitrogen and oxygen atoms in total. The van der Waals surface area contributed by atoms with E-state index in [1.807, 2.05) is 31.2 Å². The Morgan fingerprint density at radius 1 is 0.905 bits per heavy atom. The van der Waals surface area contributed by atoms with Crippen LogP contribution in [0.3, 0.4) is 0 Å². The van der Waals surface area contributed by atoms with Crippen LogP contribution in [0, 0.1) is 6.92 Å². The third kappa shape index (κ3) is 2.95. The molecular formula is C17H20O4. The Labute approximate surface area is 124 Å². The van der Waals surface area contributed by atoms with Crippen molar-refractivity contribution >= 4 is 0 Å². The van der Waals surface area contributed by atoms with Crippen molar-refractivity contribution < 1.29 is 19.3 Å². The molecule has 0 saturated heterocycles. The number of aliphatic hydroxyl groups excluding tert-OH is 1. The number of aliphatic hydroxyl groups is 1. The molecule has 1 N–H and O–H groups in total. The van der Waals surface area contributed by atoms with E-state index in [2.05, 4.69) is 0 Å². The molecule has 1 unspecified atom stereocenters. The van der Waals surface area contributed by atoms with Gasteiger partial charge in [0.25, 0.3) is 0 Å². The highest BCUT2D eigenvalue weighted by molar-refractivity contribution is 5.57. The van der Waals surface area contributed by atoms with Gasteiger partial charge in [-0.15, -0.1) is 0 Å². The highest BCUT2D eigenvalue weighted by atomic mass is 16.5. The van der Waals surface area contributed by atoms with Crippen LogP contribution in [0.1, 0.15) is 22.8 Å². The first-order valence-electron chi connectivity index (χ1n) is 6.65. The van der Waals surface area contributed by atoms with Gasteiger partial charge < -0.3 is 19.3 Å². The van der Waals surface area contributed by atoms with Crippen LogP contribution in [-0.4, -0.2) is 26.4 Å². The van der Waals surface area contributed by atoms with Crippen molar-refractivity contribution in [1.29, 1.82) is 0 Å². The second-order valence-electron chi connectivity index (χ2n) is 4.74. The molecule has 4 heteroatoms. The van der Waals surface area contributed by atoms with Gasteiger partial charge in [0.15, 0.2) is 11.5 Å². The second kappa shape index (κ2) is 6.50. The fourth-order valence-electron chi connectivity index (χ4n) is 2.36. The first kappa shape index (κ1) is 15.2. The molecule has 2 rings (SSSR count). The number of methoxy groups -OCH3 is 3. The highest BCUT2D eigenvalue weighted by Crippen LogP contribution is 2.43. The van der Waals surface area contributed by atoms with Gasteiger partial charge in [0, 0.05) is 5.56 Å². The Morgan fingerprint density at radius 3 is 2.19 bits per heavy atom. The SMILES string of the molecule is COc1ccc(C(O)c2cccc(C)c2)c(OC)c1OC. The molecule has 0 fully saturated rings. The molecule has 0 spiro atoms. The largest absolute Gasteiger partial charge is 0.493 e. The quantitative estimate of drug-likeness (QED) is 0.918. The molecule has 0 aliphatic heterocycles. The number of ether oxygens (including phenoxy) is 3. The van der Waals surface area contributed by atoms with Gasteiger partial charge in [0.2, 0.25) is 5.75 Å². The highest BCUT2D eigenvalue weighted by Gasteiger charge is 2.21. The van der Waals surface area contributed by atoms with Crippen LogP contribution in [0.25, 0.3) is 0 Å². The first-order chi connectivity index (χ1) is 10.1. The molecule has 0 bridgehead atoms. The zero-order chi connectivity index (χ0) is 15.4. The van der Waals surface area contributed by atoms with E-state index in [0.29, 0.717) is 22.8 Å². The van der Waals surface area contributed by atoms with Gasteiger partial charge in [-0.1, -0.05) is 29.8 Å². The van der Waals surface area contributed by atoms with Crippen LogP contribution in [0.4, 0.5) is 0 Å². The average molecular weight is 288 g/mol. The van der Waals surface area contributed by atoms with E-state index in [0.717, 1.165) is 11.1 Å². The van der Waals surface area contributed by atoms with Gasteiger partial charge in [-0.05, 0) is 24.6 Å². The Bertz CT molecular complexity index is 622. The molecule has 0 radical (unpaired) electrons. The van der Waals surface area contributed by atoms with Crippen molar-refractivity contribution in [3.63, 3.8) is 0 Å². The predicted octanol–water partition coefficient (Wildman–Crippen LogP) is 3.10. The van der Waals surface area contributed by atoms with Crippen LogP contribution in [0.15, 0.2) is 36.4 Å². The zero-order valence-electron chi connectivity index (χ0n) is 12.7. The van der Waals surface area contributed by atoms with Gasteiger partial charge in [0.1, 0.15) is 6.10 Å². The Balaban J connectivity index is 2.53. The molecule has 0 saturated carbocycles. The summed E-state index contributed by atoms with van der Waals surface area (Å²) in [5.41, 5.74) is 2.53. The van der Waals surface area contributed by atoms with E-state index in [1.54, 1.807) is 33.5 Å². The van der Waals surface area contributed by atoms with Crippen molar-refractivity contribution in [2.24, 2.45) is 0 Å². The van der Waals surface area contributed by atoms with E-state index in [1.165, 1.54) is 0 Å². The molecule has 21 heavy (non-hydrogen) atoms. The van der Waals surface area contributed by atoms with Crippen molar-refractivity contribution in [2.75, 3.05) is 21.3 Å². The van der Waals surface area contributed by atoms with E-state index in [4.69, 9.17) is 14.2 Å². The van der Waals surface area contributed by atoms with Crippen molar-refractivity contribution in [3.05, 3.63) is 53.1 Å². The van der Waals surface area contributed by atoms with Gasteiger partial charge in [-0.25, -0.2) is 0 Å². The standard InChI is InChI=1S/C17H20O4/c1-11-6-5-7-12(10-11)15(18)13-8-9-14(19-2)17(21-4)16(13)20-3/h5-10,15,18H,1-4H3. The minimum absolute atomic E-state index is 0.476. The summed E-state index contributed by atoms with van der Waals surface area (Å²) in [4.78, 5) is 0. The van der Waals surface area contributed by atoms with E-state index >= 15 is 0 Å². The summed E-state index contributed by atoms with van der Waals surface area (Å²) < 4.78 is 16.0. The van der Waals surface area contributed by atoms with E-state index in [-0.39, 0.29) is 0 Å². The zero-order valence-corrected chi connectivity index (χ0v) is 12.7. The minimum Gasteiger partial charge on any atom is -0.493 e. The van der Waals surface area contributed by atoms with Gasteiger partial charge in [-0.3, -0.25) is 0 Å². The van der Waals surface area contributed by atoms with Gasteiger partial charge >= 0.3 is 0 Å². The number of hydrogen-bond donors (Lipinski definition) is 1. The maximum absolute atomic E-state index is 10.6. The molecule has 112 valence electrons. The van der Waals surface area contributed by atoms with Crippen LogP contribution in [0.5, 0.6) is 17.2 Å². The maximum atomic E-state index is 10.6. The number of rotatable bonds is 5. The monoisotopic (exact) mass is 288 g/mol. The number of hydrogen-bond acceptors (Lipinski definition) is 4. The summed E-state index contributed by atoms with van der Waals surface area (Å²) >= 11 is 0. The normalized spacial score (nSPS) is 11.9. The molecule has 0 amide bonds. The molecule has 0 aromatic heterocycles. The number of benzene rings is 2. The van der Waals surface area contributed by atoms with Crippen molar-refractivity contribution in [3.8, 4) is 17.2 Å². The minimum atomic E-state index is -0.792. The van der Waals surface area contributed by atoms with Crippen molar-refractivity contribution in [1.82, 2.24) is 0 Å². The summed E-state index contributed by atoms with van der Waals surface area (Å²) in [6, 6.07) is 11.3. The molecule has 2 aromatic rings. The molecular weight excluding hydrogens is 268 g/mol. The molecule has 0 heterocycles. The summed E-state index contributed by atoms with van der Waals surface area (Å²) in [6.07, 6.45) is -0.792. The third-order valence-corrected chi connectivity index (χ3v) is 3.39. The van der Waals surface area contributed by atoms with Gasteiger partial charge in [0.05, 0.1) is 21.3 Å². The third-order valence-electron chi connectivity index (χ3n) is 3.39. The smallest absolute Gasteiger partial charge is 0.203 e. The molecule has 2 aromatic carbocycles. The van der Waals surface area contributed by atoms with E-state index < -0.39 is 6.10 Å². The fourth-order valence-corrected chi connectivity index (χ4v) is 2.36. The van der Waals surface area contributed by atoms with Crippen LogP contribution in [0.2, 0.25) is 0 Å². The number of aryl methyl sites for hydroxylation is 1. The molecule has 0 aliphatic rings. The lowest BCUT2D eigenvalue weighted by molar-refractivity contribution is 0.212. The average Bonchev–Trinajstić information content (AvgIpc) is 2.52. The van der Waals surface area contributed by atoms with E-state index in [9.17, 15) is 5.11 Å².